The summed E-state index contributed by atoms with van der Waals surface area (Å²) in [4.78, 5) is 41.4. The molecule has 0 bridgehead atoms. The van der Waals surface area contributed by atoms with Gasteiger partial charge >= 0.3 is 6.09 Å². The summed E-state index contributed by atoms with van der Waals surface area (Å²) in [6.45, 7) is 5.49. The number of rotatable bonds is 3. The van der Waals surface area contributed by atoms with Crippen LogP contribution in [-0.4, -0.2) is 52.4 Å². The van der Waals surface area contributed by atoms with Crippen molar-refractivity contribution in [1.29, 1.82) is 0 Å². The molecule has 2 aromatic rings. The maximum absolute atomic E-state index is 13.2. The highest BCUT2D eigenvalue weighted by molar-refractivity contribution is 6.06. The molecule has 1 saturated heterocycles. The van der Waals surface area contributed by atoms with E-state index >= 15 is 0 Å². The van der Waals surface area contributed by atoms with Crippen LogP contribution in [0.25, 0.3) is 0 Å². The molecule has 3 saturated carbocycles. The van der Waals surface area contributed by atoms with Crippen LogP contribution in [0.4, 0.5) is 4.79 Å². The highest BCUT2D eigenvalue weighted by Gasteiger charge is 2.54. The highest BCUT2D eigenvalue weighted by atomic mass is 16.6. The van der Waals surface area contributed by atoms with E-state index in [2.05, 4.69) is 36.4 Å². The van der Waals surface area contributed by atoms with Crippen molar-refractivity contribution in [3.63, 3.8) is 0 Å². The largest absolute Gasteiger partial charge is 0.515 e. The molecule has 5 aliphatic carbocycles. The maximum atomic E-state index is 13.2. The van der Waals surface area contributed by atoms with Gasteiger partial charge in [0.1, 0.15) is 5.60 Å². The number of carbonyl (C=O) groups is 3. The lowest BCUT2D eigenvalue weighted by Crippen LogP contribution is -2.39. The fourth-order valence-electron chi connectivity index (χ4n) is 8.28. The first-order valence-electron chi connectivity index (χ1n) is 16.5. The van der Waals surface area contributed by atoms with Crippen LogP contribution in [0.5, 0.6) is 0 Å². The number of allylic oxidation sites excluding steroid dienone is 1. The summed E-state index contributed by atoms with van der Waals surface area (Å²) in [5.74, 6) is 1.79. The molecule has 45 heavy (non-hydrogen) atoms. The van der Waals surface area contributed by atoms with E-state index in [9.17, 15) is 19.5 Å². The number of nitrogens with zero attached hydrogens (tertiary/aromatic N) is 2. The van der Waals surface area contributed by atoms with Gasteiger partial charge in [-0.3, -0.25) is 9.59 Å². The fraction of sp³-hybridized carbons (Fsp3) is 0.500. The molecule has 8 rings (SSSR count). The van der Waals surface area contributed by atoms with E-state index < -0.39 is 11.7 Å². The predicted molar refractivity (Wildman–Crippen MR) is 172 cm³/mol. The molecule has 4 unspecified atom stereocenters. The SMILES string of the molecule is CN(C)/C=C1/C(=O)N(C(=O)OC(C)(C)C)C2c3c(cccc3C3CC3)CC12.O=C1CC2c3c(cccc3C3CC3)CC2/C1=C\O. The van der Waals surface area contributed by atoms with Gasteiger partial charge in [0, 0.05) is 49.7 Å². The first kappa shape index (κ1) is 29.8. The van der Waals surface area contributed by atoms with Crippen LogP contribution in [0, 0.1) is 11.8 Å². The molecule has 4 atom stereocenters. The van der Waals surface area contributed by atoms with Crippen molar-refractivity contribution in [2.45, 2.75) is 95.1 Å². The summed E-state index contributed by atoms with van der Waals surface area (Å²) in [5, 5.41) is 9.27. The molecule has 1 aliphatic heterocycles. The first-order chi connectivity index (χ1) is 21.5. The van der Waals surface area contributed by atoms with Crippen LogP contribution in [0.2, 0.25) is 0 Å². The summed E-state index contributed by atoms with van der Waals surface area (Å²) >= 11 is 0. The van der Waals surface area contributed by atoms with Crippen molar-refractivity contribution in [2.75, 3.05) is 14.1 Å². The number of likely N-dealkylation sites (tertiary alicyclic amines) is 1. The standard InChI is InChI=1S/C22H28N2O3.C16H16O2/c1-22(2,3)27-21(26)24-19-16(17(20(24)25)12-23(4)5)11-14-7-6-8-15(18(14)19)13-9-10-13;17-8-14-12-6-10-2-1-3-11(9-4-5-9)16(10)13(12)7-15(14)18/h6-8,12-13,16,19H,9-11H2,1-5H3;1-3,8-9,12-13,17H,4-7H2/b17-12+;14-8+. The average molecular weight is 609 g/mol. The number of amides is 2. The number of carbonyl (C=O) groups excluding carboxylic acids is 3. The van der Waals surface area contributed by atoms with Gasteiger partial charge in [-0.2, -0.15) is 0 Å². The summed E-state index contributed by atoms with van der Waals surface area (Å²) in [7, 11) is 3.81. The van der Waals surface area contributed by atoms with E-state index in [1.165, 1.54) is 64.0 Å². The lowest BCUT2D eigenvalue weighted by molar-refractivity contribution is -0.125. The van der Waals surface area contributed by atoms with Crippen molar-refractivity contribution >= 4 is 17.8 Å². The molecule has 7 nitrogen and oxygen atoms in total. The number of benzene rings is 2. The van der Waals surface area contributed by atoms with Gasteiger partial charge in [0.2, 0.25) is 0 Å². The molecule has 0 spiro atoms. The zero-order valence-electron chi connectivity index (χ0n) is 27.0. The molecule has 1 heterocycles. The third-order valence-corrected chi connectivity index (χ3v) is 10.3. The van der Waals surface area contributed by atoms with E-state index in [0.717, 1.165) is 25.0 Å². The second-order valence-electron chi connectivity index (χ2n) is 15.0. The molecule has 2 amide bonds. The Morgan fingerprint density at radius 1 is 0.844 bits per heavy atom. The topological polar surface area (TPSA) is 87.2 Å². The Morgan fingerprint density at radius 3 is 1.98 bits per heavy atom. The zero-order valence-corrected chi connectivity index (χ0v) is 27.0. The summed E-state index contributed by atoms with van der Waals surface area (Å²) in [6, 6.07) is 12.8. The summed E-state index contributed by atoms with van der Waals surface area (Å²) in [5.41, 5.74) is 8.80. The van der Waals surface area contributed by atoms with Crippen molar-refractivity contribution in [3.05, 3.63) is 93.4 Å². The third kappa shape index (κ3) is 5.28. The Morgan fingerprint density at radius 2 is 1.42 bits per heavy atom. The van der Waals surface area contributed by atoms with Crippen molar-refractivity contribution in [2.24, 2.45) is 11.8 Å². The molecule has 236 valence electrons. The Bertz CT molecular complexity index is 1640. The van der Waals surface area contributed by atoms with E-state index in [1.54, 1.807) is 0 Å². The number of imide groups is 1. The minimum atomic E-state index is -0.641. The molecule has 4 fully saturated rings. The third-order valence-electron chi connectivity index (χ3n) is 10.3. The van der Waals surface area contributed by atoms with E-state index in [-0.39, 0.29) is 29.6 Å². The predicted octanol–water partition coefficient (Wildman–Crippen LogP) is 7.23. The van der Waals surface area contributed by atoms with Gasteiger partial charge in [0.15, 0.2) is 5.78 Å². The second kappa shape index (κ2) is 10.9. The lowest BCUT2D eigenvalue weighted by atomic mass is 9.90. The van der Waals surface area contributed by atoms with Crippen LogP contribution >= 0.6 is 0 Å². The van der Waals surface area contributed by atoms with Gasteiger partial charge < -0.3 is 14.7 Å². The number of fused-ring (bicyclic) bond motifs is 6. The average Bonchev–Trinajstić information content (AvgIpc) is 3.88. The van der Waals surface area contributed by atoms with Gasteiger partial charge in [-0.15, -0.1) is 0 Å². The molecule has 0 aromatic heterocycles. The Hall–Kier alpha value is -3.87. The van der Waals surface area contributed by atoms with E-state index in [0.29, 0.717) is 29.4 Å². The van der Waals surface area contributed by atoms with Crippen LogP contribution in [0.3, 0.4) is 0 Å². The Kier molecular flexibility index (Phi) is 7.21. The van der Waals surface area contributed by atoms with Crippen molar-refractivity contribution in [1.82, 2.24) is 9.80 Å². The maximum Gasteiger partial charge on any atom is 0.417 e. The quantitative estimate of drug-likeness (QED) is 0.292. The Balaban J connectivity index is 0.000000156. The summed E-state index contributed by atoms with van der Waals surface area (Å²) in [6.07, 6.45) is 9.67. The number of aliphatic hydroxyl groups excluding tert-OH is 1. The van der Waals surface area contributed by atoms with Crippen LogP contribution in [-0.2, 0) is 27.2 Å². The first-order valence-corrected chi connectivity index (χ1v) is 16.5. The minimum Gasteiger partial charge on any atom is -0.515 e. The van der Waals surface area contributed by atoms with Crippen LogP contribution < -0.4 is 0 Å². The smallest absolute Gasteiger partial charge is 0.417 e. The second-order valence-corrected chi connectivity index (χ2v) is 15.0. The van der Waals surface area contributed by atoms with E-state index in [4.69, 9.17) is 4.74 Å². The van der Waals surface area contributed by atoms with Gasteiger partial charge in [0.25, 0.3) is 5.91 Å². The number of ketones is 1. The number of ether oxygens (including phenoxy) is 1. The molecule has 6 aliphatic rings. The van der Waals surface area contributed by atoms with Gasteiger partial charge in [-0.05, 0) is 110 Å². The minimum absolute atomic E-state index is 0.00215. The number of Topliss-reactive ketones (excluding diaryl/α,β-unsaturated/α-hetero) is 1. The number of hydrogen-bond acceptors (Lipinski definition) is 6. The molecule has 2 aromatic carbocycles. The van der Waals surface area contributed by atoms with Crippen molar-refractivity contribution in [3.8, 4) is 0 Å². The molecular weight excluding hydrogens is 564 g/mol. The van der Waals surface area contributed by atoms with Crippen molar-refractivity contribution < 1.29 is 24.2 Å². The van der Waals surface area contributed by atoms with Gasteiger partial charge in [-0.1, -0.05) is 36.4 Å². The molecular formula is C38H44N2O5. The van der Waals surface area contributed by atoms with Gasteiger partial charge in [-0.25, -0.2) is 9.69 Å². The number of hydrogen-bond donors (Lipinski definition) is 1. The summed E-state index contributed by atoms with van der Waals surface area (Å²) < 4.78 is 5.61. The van der Waals surface area contributed by atoms with Crippen LogP contribution in [0.15, 0.2) is 60.0 Å². The Labute approximate surface area is 265 Å². The normalized spacial score (nSPS) is 28.1. The number of aliphatic hydroxyl groups is 1. The fourth-order valence-corrected chi connectivity index (χ4v) is 8.28. The van der Waals surface area contributed by atoms with E-state index in [1.807, 2.05) is 46.0 Å². The zero-order chi connectivity index (χ0) is 31.8. The monoisotopic (exact) mass is 608 g/mol. The highest BCUT2D eigenvalue weighted by Crippen LogP contribution is 2.56. The molecule has 0 radical (unpaired) electrons. The van der Waals surface area contributed by atoms with Crippen LogP contribution in [0.1, 0.15) is 110 Å². The van der Waals surface area contributed by atoms with Gasteiger partial charge in [0.05, 0.1) is 12.3 Å². The lowest BCUT2D eigenvalue weighted by Gasteiger charge is -2.28. The molecule has 7 heteroatoms. The molecule has 1 N–H and O–H groups in total.